The van der Waals surface area contributed by atoms with Crippen molar-refractivity contribution in [2.24, 2.45) is 0 Å². The number of nitrogens with one attached hydrogen (secondary N) is 1. The lowest BCUT2D eigenvalue weighted by Crippen LogP contribution is -2.18. The Balaban J connectivity index is 3.37. The summed E-state index contributed by atoms with van der Waals surface area (Å²) < 4.78 is 0. The van der Waals surface area contributed by atoms with Gasteiger partial charge < -0.3 is 4.98 Å². The molecule has 0 aliphatic carbocycles. The molecule has 0 saturated heterocycles. The van der Waals surface area contributed by atoms with Crippen LogP contribution in [0.5, 0.6) is 0 Å². The molecule has 0 saturated carbocycles. The summed E-state index contributed by atoms with van der Waals surface area (Å²) in [6.07, 6.45) is 3.73. The van der Waals surface area contributed by atoms with Crippen LogP contribution in [-0.4, -0.2) is 16.2 Å². The highest BCUT2D eigenvalue weighted by Gasteiger charge is 1.88. The third-order valence-electron chi connectivity index (χ3n) is 1.87. The lowest BCUT2D eigenvalue weighted by molar-refractivity contribution is 0.862. The van der Waals surface area contributed by atoms with Gasteiger partial charge in [0, 0.05) is 0 Å². The Kier molecular flexibility index (Phi) is 7.96. The highest BCUT2D eigenvalue weighted by Crippen LogP contribution is 2.02. The van der Waals surface area contributed by atoms with Crippen molar-refractivity contribution in [1.82, 2.24) is 4.98 Å². The molecule has 0 unspecified atom stereocenters. The average Bonchev–Trinajstić information content (AvgIpc) is 2.05. The van der Waals surface area contributed by atoms with Gasteiger partial charge >= 0.3 is 0 Å². The Hall–Kier alpha value is -0.0831. The van der Waals surface area contributed by atoms with Crippen molar-refractivity contribution in [3.05, 3.63) is 11.3 Å². The molecule has 11 heavy (non-hydrogen) atoms. The molecule has 0 rings (SSSR count). The maximum atomic E-state index is 3.50. The van der Waals surface area contributed by atoms with E-state index in [4.69, 9.17) is 0 Å². The van der Waals surface area contributed by atoms with E-state index >= 15 is 0 Å². The van der Waals surface area contributed by atoms with Gasteiger partial charge in [-0.15, -0.1) is 0 Å². The Labute approximate surface area is 73.2 Å². The molecule has 66 valence electrons. The van der Waals surface area contributed by atoms with E-state index in [-0.39, 0.29) is 9.68 Å². The highest BCUT2D eigenvalue weighted by atomic mass is 28.2. The molecule has 0 aromatic rings. The first-order valence-corrected chi connectivity index (χ1v) is 6.26. The van der Waals surface area contributed by atoms with Gasteiger partial charge in [-0.05, 0) is 25.8 Å². The van der Waals surface area contributed by atoms with Gasteiger partial charge in [-0.2, -0.15) is 0 Å². The average molecular weight is 171 g/mol. The van der Waals surface area contributed by atoms with E-state index in [1.807, 2.05) is 0 Å². The standard InChI is InChI=1S/C9H21NSi/c1-4-7-10-11-8-9(5-2)6-3/h8,10H,4-7,11H2,1-3H3. The summed E-state index contributed by atoms with van der Waals surface area (Å²) >= 11 is 0. The van der Waals surface area contributed by atoms with E-state index in [0.717, 1.165) is 0 Å². The molecule has 0 aliphatic rings. The first-order chi connectivity index (χ1) is 5.35. The first kappa shape index (κ1) is 10.9. The fourth-order valence-corrected chi connectivity index (χ4v) is 2.60. The third-order valence-corrected chi connectivity index (χ3v) is 3.29. The number of hydrogen-bond acceptors (Lipinski definition) is 1. The first-order valence-electron chi connectivity index (χ1n) is 4.73. The zero-order valence-corrected chi connectivity index (χ0v) is 9.53. The second-order valence-electron chi connectivity index (χ2n) is 2.77. The molecule has 0 atom stereocenters. The molecule has 0 aromatic heterocycles. The quantitative estimate of drug-likeness (QED) is 0.474. The van der Waals surface area contributed by atoms with E-state index in [2.05, 4.69) is 31.5 Å². The van der Waals surface area contributed by atoms with Gasteiger partial charge in [-0.3, -0.25) is 0 Å². The van der Waals surface area contributed by atoms with Crippen LogP contribution < -0.4 is 4.98 Å². The lowest BCUT2D eigenvalue weighted by atomic mass is 10.2. The van der Waals surface area contributed by atoms with Crippen LogP contribution in [0.15, 0.2) is 11.3 Å². The molecule has 0 amide bonds. The van der Waals surface area contributed by atoms with E-state index in [0.29, 0.717) is 0 Å². The van der Waals surface area contributed by atoms with Gasteiger partial charge in [0.25, 0.3) is 0 Å². The van der Waals surface area contributed by atoms with Crippen molar-refractivity contribution in [1.29, 1.82) is 0 Å². The second-order valence-corrected chi connectivity index (χ2v) is 4.09. The molecule has 0 bridgehead atoms. The Bertz CT molecular complexity index is 104. The van der Waals surface area contributed by atoms with Crippen LogP contribution in [0.4, 0.5) is 0 Å². The van der Waals surface area contributed by atoms with Crippen molar-refractivity contribution in [3.63, 3.8) is 0 Å². The topological polar surface area (TPSA) is 12.0 Å². The smallest absolute Gasteiger partial charge is 0.116 e. The van der Waals surface area contributed by atoms with Crippen molar-refractivity contribution < 1.29 is 0 Å². The van der Waals surface area contributed by atoms with E-state index in [1.165, 1.54) is 25.8 Å². The Morgan fingerprint density at radius 2 is 1.91 bits per heavy atom. The monoisotopic (exact) mass is 171 g/mol. The SMILES string of the molecule is CCCN[SiH2]C=C(CC)CC. The summed E-state index contributed by atoms with van der Waals surface area (Å²) in [5, 5.41) is 0. The van der Waals surface area contributed by atoms with Gasteiger partial charge in [0.05, 0.1) is 0 Å². The van der Waals surface area contributed by atoms with Gasteiger partial charge in [0.2, 0.25) is 0 Å². The zero-order valence-electron chi connectivity index (χ0n) is 8.11. The van der Waals surface area contributed by atoms with E-state index < -0.39 is 0 Å². The van der Waals surface area contributed by atoms with Crippen molar-refractivity contribution >= 4 is 9.68 Å². The van der Waals surface area contributed by atoms with E-state index in [9.17, 15) is 0 Å². The maximum absolute atomic E-state index is 3.50. The minimum atomic E-state index is -0.0811. The molecular formula is C9H21NSi. The molecule has 1 nitrogen and oxygen atoms in total. The normalized spacial score (nSPS) is 10.8. The molecule has 0 radical (unpaired) electrons. The van der Waals surface area contributed by atoms with Crippen molar-refractivity contribution in [2.75, 3.05) is 6.54 Å². The number of rotatable bonds is 6. The van der Waals surface area contributed by atoms with Crippen LogP contribution in [-0.2, 0) is 0 Å². The molecular weight excluding hydrogens is 150 g/mol. The minimum absolute atomic E-state index is 0.0811. The fourth-order valence-electron chi connectivity index (χ4n) is 1.03. The van der Waals surface area contributed by atoms with Crippen LogP contribution >= 0.6 is 0 Å². The van der Waals surface area contributed by atoms with Crippen LogP contribution in [0.3, 0.4) is 0 Å². The summed E-state index contributed by atoms with van der Waals surface area (Å²) in [6, 6.07) is 0. The third kappa shape index (κ3) is 6.32. The van der Waals surface area contributed by atoms with Gasteiger partial charge in [0.15, 0.2) is 0 Å². The van der Waals surface area contributed by atoms with Crippen molar-refractivity contribution in [2.45, 2.75) is 40.0 Å². The minimum Gasteiger partial charge on any atom is -0.339 e. The fraction of sp³-hybridized carbons (Fsp3) is 0.778. The zero-order chi connectivity index (χ0) is 8.53. The van der Waals surface area contributed by atoms with Gasteiger partial charge in [-0.25, -0.2) is 0 Å². The van der Waals surface area contributed by atoms with Crippen molar-refractivity contribution in [3.8, 4) is 0 Å². The maximum Gasteiger partial charge on any atom is 0.116 e. The van der Waals surface area contributed by atoms with Crippen LogP contribution in [0, 0.1) is 0 Å². The Morgan fingerprint density at radius 3 is 2.36 bits per heavy atom. The summed E-state index contributed by atoms with van der Waals surface area (Å²) in [6.45, 7) is 7.89. The van der Waals surface area contributed by atoms with Gasteiger partial charge in [-0.1, -0.05) is 32.0 Å². The summed E-state index contributed by atoms with van der Waals surface area (Å²) in [4.78, 5) is 3.50. The molecule has 2 heteroatoms. The summed E-state index contributed by atoms with van der Waals surface area (Å²) in [5.41, 5.74) is 4.08. The summed E-state index contributed by atoms with van der Waals surface area (Å²) in [7, 11) is -0.0811. The molecule has 0 aliphatic heterocycles. The van der Waals surface area contributed by atoms with E-state index in [1.54, 1.807) is 5.57 Å². The summed E-state index contributed by atoms with van der Waals surface area (Å²) in [5.74, 6) is 0. The molecule has 0 aromatic carbocycles. The second kappa shape index (κ2) is 8.02. The number of allylic oxidation sites excluding steroid dienone is 1. The predicted octanol–water partition coefficient (Wildman–Crippen LogP) is 1.77. The predicted molar refractivity (Wildman–Crippen MR) is 55.5 cm³/mol. The van der Waals surface area contributed by atoms with Crippen LogP contribution in [0.25, 0.3) is 0 Å². The number of hydrogen-bond donors (Lipinski definition) is 1. The molecule has 0 fully saturated rings. The lowest BCUT2D eigenvalue weighted by Gasteiger charge is -2.00. The molecule has 1 N–H and O–H groups in total. The van der Waals surface area contributed by atoms with Gasteiger partial charge in [0.1, 0.15) is 9.68 Å². The Morgan fingerprint density at radius 1 is 1.27 bits per heavy atom. The molecule has 0 heterocycles. The van der Waals surface area contributed by atoms with Crippen LogP contribution in [0.1, 0.15) is 40.0 Å². The molecule has 0 spiro atoms. The van der Waals surface area contributed by atoms with Crippen LogP contribution in [0.2, 0.25) is 0 Å². The largest absolute Gasteiger partial charge is 0.339 e. The highest BCUT2D eigenvalue weighted by molar-refractivity contribution is 6.39.